The Bertz CT molecular complexity index is 1120. The third-order valence-electron chi connectivity index (χ3n) is 4.31. The Labute approximate surface area is 168 Å². The van der Waals surface area contributed by atoms with E-state index in [2.05, 4.69) is 15.3 Å². The van der Waals surface area contributed by atoms with Crippen LogP contribution in [0.5, 0.6) is 0 Å². The Morgan fingerprint density at radius 3 is 2.53 bits per heavy atom. The number of fused-ring (bicyclic) bond motifs is 1. The molecule has 30 heavy (non-hydrogen) atoms. The average Bonchev–Trinajstić information content (AvgIpc) is 3.01. The molecule has 3 rings (SSSR count). The number of benzene rings is 1. The van der Waals surface area contributed by atoms with E-state index in [9.17, 15) is 22.8 Å². The number of hydrogen-bond donors (Lipinski definition) is 1. The molecule has 0 atom stereocenters. The number of imidazole rings is 1. The van der Waals surface area contributed by atoms with Gasteiger partial charge in [-0.3, -0.25) is 4.79 Å². The molecule has 0 spiro atoms. The minimum absolute atomic E-state index is 0.00704. The third kappa shape index (κ3) is 4.10. The highest BCUT2D eigenvalue weighted by Gasteiger charge is 2.33. The fourth-order valence-corrected chi connectivity index (χ4v) is 2.83. The van der Waals surface area contributed by atoms with Crippen LogP contribution >= 0.6 is 0 Å². The number of halogens is 3. The summed E-state index contributed by atoms with van der Waals surface area (Å²) in [5, 5.41) is 2.44. The smallest absolute Gasteiger partial charge is 0.433 e. The van der Waals surface area contributed by atoms with Crippen LogP contribution < -0.4 is 5.32 Å². The van der Waals surface area contributed by atoms with Gasteiger partial charge >= 0.3 is 12.1 Å². The highest BCUT2D eigenvalue weighted by Crippen LogP contribution is 2.28. The quantitative estimate of drug-likeness (QED) is 0.635. The number of anilines is 1. The van der Waals surface area contributed by atoms with E-state index < -0.39 is 29.4 Å². The van der Waals surface area contributed by atoms with Crippen molar-refractivity contribution in [2.24, 2.45) is 7.05 Å². The van der Waals surface area contributed by atoms with Gasteiger partial charge in [-0.15, -0.1) is 0 Å². The summed E-state index contributed by atoms with van der Waals surface area (Å²) < 4.78 is 50.2. The maximum Gasteiger partial charge on any atom is 0.433 e. The molecule has 0 aliphatic carbocycles. The van der Waals surface area contributed by atoms with E-state index >= 15 is 0 Å². The molecule has 2 heterocycles. The number of hydrogen-bond acceptors (Lipinski definition) is 6. The van der Waals surface area contributed by atoms with E-state index in [0.717, 1.165) is 18.2 Å². The van der Waals surface area contributed by atoms with Crippen LogP contribution in [0.3, 0.4) is 0 Å². The van der Waals surface area contributed by atoms with Crippen LogP contribution in [0.2, 0.25) is 0 Å². The fourth-order valence-electron chi connectivity index (χ4n) is 2.83. The lowest BCUT2D eigenvalue weighted by molar-refractivity contribution is -0.141. The van der Waals surface area contributed by atoms with Gasteiger partial charge in [-0.25, -0.2) is 14.8 Å². The minimum Gasteiger partial charge on any atom is -0.465 e. The lowest BCUT2D eigenvalue weighted by Crippen LogP contribution is -2.19. The van der Waals surface area contributed by atoms with Crippen molar-refractivity contribution in [1.29, 1.82) is 0 Å². The molecule has 1 N–H and O–H groups in total. The van der Waals surface area contributed by atoms with Crippen molar-refractivity contribution in [3.63, 3.8) is 0 Å². The summed E-state index contributed by atoms with van der Waals surface area (Å²) in [6.07, 6.45) is -4.70. The zero-order chi connectivity index (χ0) is 22.1. The van der Waals surface area contributed by atoms with Gasteiger partial charge < -0.3 is 19.4 Å². The number of carbonyl (C=O) groups is 2. The Balaban J connectivity index is 2.04. The van der Waals surface area contributed by atoms with Crippen molar-refractivity contribution in [1.82, 2.24) is 14.5 Å². The molecule has 0 unspecified atom stereocenters. The maximum atomic E-state index is 12.9. The van der Waals surface area contributed by atoms with Gasteiger partial charge in [-0.2, -0.15) is 13.2 Å². The predicted molar refractivity (Wildman–Crippen MR) is 100.0 cm³/mol. The molecule has 0 aliphatic rings. The SMILES string of the molecule is COCc1nc2cc(C(=O)OC)c(NC(=O)c3cccc(C(F)(F)F)n3)cc2n1C. The first-order valence-electron chi connectivity index (χ1n) is 8.58. The van der Waals surface area contributed by atoms with Gasteiger partial charge in [-0.05, 0) is 24.3 Å². The Hall–Kier alpha value is -3.47. The molecule has 8 nitrogen and oxygen atoms in total. The van der Waals surface area contributed by atoms with Gasteiger partial charge in [0.1, 0.15) is 23.8 Å². The Morgan fingerprint density at radius 2 is 1.90 bits per heavy atom. The molecular weight excluding hydrogens is 405 g/mol. The first kappa shape index (κ1) is 21.2. The number of nitrogens with one attached hydrogen (secondary N) is 1. The van der Waals surface area contributed by atoms with E-state index in [1.165, 1.54) is 26.4 Å². The van der Waals surface area contributed by atoms with Crippen molar-refractivity contribution < 1.29 is 32.2 Å². The zero-order valence-corrected chi connectivity index (χ0v) is 16.2. The van der Waals surface area contributed by atoms with Crippen LogP contribution in [0, 0.1) is 0 Å². The molecule has 1 aromatic carbocycles. The summed E-state index contributed by atoms with van der Waals surface area (Å²) in [6.45, 7) is 0.217. The third-order valence-corrected chi connectivity index (χ3v) is 4.31. The summed E-state index contributed by atoms with van der Waals surface area (Å²) in [6, 6.07) is 5.89. The van der Waals surface area contributed by atoms with Crippen molar-refractivity contribution in [2.45, 2.75) is 12.8 Å². The second-order valence-electron chi connectivity index (χ2n) is 6.26. The van der Waals surface area contributed by atoms with Crippen LogP contribution in [0.15, 0.2) is 30.3 Å². The van der Waals surface area contributed by atoms with Crippen molar-refractivity contribution in [3.05, 3.63) is 53.1 Å². The number of alkyl halides is 3. The zero-order valence-electron chi connectivity index (χ0n) is 16.2. The summed E-state index contributed by atoms with van der Waals surface area (Å²) in [5.74, 6) is -1.08. The number of methoxy groups -OCH3 is 2. The van der Waals surface area contributed by atoms with Crippen LogP contribution in [0.4, 0.5) is 18.9 Å². The lowest BCUT2D eigenvalue weighted by atomic mass is 10.1. The van der Waals surface area contributed by atoms with Gasteiger partial charge in [-0.1, -0.05) is 6.07 Å². The normalized spacial score (nSPS) is 11.5. The van der Waals surface area contributed by atoms with E-state index in [1.807, 2.05) is 0 Å². The molecule has 0 radical (unpaired) electrons. The van der Waals surface area contributed by atoms with Crippen molar-refractivity contribution in [3.8, 4) is 0 Å². The van der Waals surface area contributed by atoms with Crippen LogP contribution in [0.1, 0.15) is 32.4 Å². The standard InChI is InChI=1S/C19H17F3N4O4/c1-26-14-8-12(10(18(28)30-3)7-13(14)24-16(26)9-29-2)25-17(27)11-5-4-6-15(23-11)19(20,21)22/h4-8H,9H2,1-3H3,(H,25,27). The molecule has 11 heteroatoms. The van der Waals surface area contributed by atoms with Crippen molar-refractivity contribution >= 4 is 28.6 Å². The van der Waals surface area contributed by atoms with Crippen LogP contribution in [0.25, 0.3) is 11.0 Å². The highest BCUT2D eigenvalue weighted by molar-refractivity contribution is 6.09. The number of nitrogens with zero attached hydrogens (tertiary/aromatic N) is 3. The van der Waals surface area contributed by atoms with Gasteiger partial charge in [0.15, 0.2) is 0 Å². The van der Waals surface area contributed by atoms with E-state index in [4.69, 9.17) is 9.47 Å². The number of aromatic nitrogens is 3. The average molecular weight is 422 g/mol. The molecule has 3 aromatic rings. The number of amides is 1. The van der Waals surface area contributed by atoms with Gasteiger partial charge in [0, 0.05) is 14.2 Å². The van der Waals surface area contributed by atoms with E-state index in [0.29, 0.717) is 16.9 Å². The van der Waals surface area contributed by atoms with Gasteiger partial charge in [0.05, 0.1) is 29.4 Å². The number of ether oxygens (including phenoxy) is 2. The van der Waals surface area contributed by atoms with Crippen LogP contribution in [-0.4, -0.2) is 40.6 Å². The van der Waals surface area contributed by atoms with Gasteiger partial charge in [0.2, 0.25) is 0 Å². The summed E-state index contributed by atoms with van der Waals surface area (Å²) in [5.41, 5.74) is -0.583. The second-order valence-corrected chi connectivity index (χ2v) is 6.26. The number of carbonyl (C=O) groups excluding carboxylic acids is 2. The fraction of sp³-hybridized carbons (Fsp3) is 0.263. The molecular formula is C19H17F3N4O4. The second kappa shape index (κ2) is 8.11. The molecule has 1 amide bonds. The predicted octanol–water partition coefficient (Wildman–Crippen LogP) is 3.17. The summed E-state index contributed by atoms with van der Waals surface area (Å²) >= 11 is 0. The Morgan fingerprint density at radius 1 is 1.17 bits per heavy atom. The number of rotatable bonds is 5. The minimum atomic E-state index is -4.70. The first-order valence-corrected chi connectivity index (χ1v) is 8.58. The van der Waals surface area contributed by atoms with E-state index in [1.54, 1.807) is 11.6 Å². The largest absolute Gasteiger partial charge is 0.465 e. The number of aryl methyl sites for hydroxylation is 1. The molecule has 0 bridgehead atoms. The number of pyridine rings is 1. The highest BCUT2D eigenvalue weighted by atomic mass is 19.4. The maximum absolute atomic E-state index is 12.9. The monoisotopic (exact) mass is 422 g/mol. The molecule has 0 saturated carbocycles. The van der Waals surface area contributed by atoms with Gasteiger partial charge in [0.25, 0.3) is 5.91 Å². The molecule has 0 fully saturated rings. The van der Waals surface area contributed by atoms with Crippen molar-refractivity contribution in [2.75, 3.05) is 19.5 Å². The molecule has 0 saturated heterocycles. The molecule has 0 aliphatic heterocycles. The topological polar surface area (TPSA) is 95.3 Å². The first-order chi connectivity index (χ1) is 14.2. The molecule has 158 valence electrons. The summed E-state index contributed by atoms with van der Waals surface area (Å²) in [4.78, 5) is 32.5. The number of esters is 1. The molecule has 2 aromatic heterocycles. The Kier molecular flexibility index (Phi) is 5.74. The van der Waals surface area contributed by atoms with E-state index in [-0.39, 0.29) is 17.9 Å². The summed E-state index contributed by atoms with van der Waals surface area (Å²) in [7, 11) is 4.40. The lowest BCUT2D eigenvalue weighted by Gasteiger charge is -2.11. The van der Waals surface area contributed by atoms with Crippen LogP contribution in [-0.2, 0) is 29.3 Å².